The Kier molecular flexibility index (Phi) is 3.52. The highest BCUT2D eigenvalue weighted by atomic mass is 35.5. The molecule has 1 aromatic rings. The van der Waals surface area contributed by atoms with E-state index in [9.17, 15) is 18.0 Å². The lowest BCUT2D eigenvalue weighted by Crippen LogP contribution is -2.08. The van der Waals surface area contributed by atoms with Crippen molar-refractivity contribution in [2.24, 2.45) is 0 Å². The van der Waals surface area contributed by atoms with Crippen LogP contribution in [0.2, 0.25) is 5.02 Å². The van der Waals surface area contributed by atoms with Gasteiger partial charge in [0.25, 0.3) is 6.43 Å². The average molecular weight is 240 g/mol. The number of hydrogen-bond donors (Lipinski definition) is 0. The average Bonchev–Trinajstić information content (AvgIpc) is 2.19. The molecule has 0 unspecified atom stereocenters. The number of methoxy groups -OCH3 is 1. The molecule has 7 heteroatoms. The first-order valence-electron chi connectivity index (χ1n) is 3.69. The van der Waals surface area contributed by atoms with Gasteiger partial charge in [0.1, 0.15) is 0 Å². The van der Waals surface area contributed by atoms with Crippen LogP contribution < -0.4 is 0 Å². The van der Waals surface area contributed by atoms with E-state index in [0.717, 1.165) is 7.11 Å². The van der Waals surface area contributed by atoms with Gasteiger partial charge in [-0.2, -0.15) is 4.39 Å². The Morgan fingerprint density at radius 3 is 2.67 bits per heavy atom. The molecule has 1 rings (SSSR count). The third-order valence-corrected chi connectivity index (χ3v) is 1.86. The molecule has 0 radical (unpaired) electrons. The molecule has 0 N–H and O–H groups in total. The molecule has 0 aromatic carbocycles. The lowest BCUT2D eigenvalue weighted by molar-refractivity contribution is 0.0591. The molecule has 0 aliphatic heterocycles. The fraction of sp³-hybridized carbons (Fsp3) is 0.250. The molecule has 1 heterocycles. The van der Waals surface area contributed by atoms with Gasteiger partial charge in [-0.1, -0.05) is 11.6 Å². The number of carbonyl (C=O) groups is 1. The van der Waals surface area contributed by atoms with Crippen molar-refractivity contribution in [1.29, 1.82) is 0 Å². The fourth-order valence-electron chi connectivity index (χ4n) is 0.873. The van der Waals surface area contributed by atoms with Gasteiger partial charge in [-0.3, -0.25) is 0 Å². The summed E-state index contributed by atoms with van der Waals surface area (Å²) in [6.45, 7) is 0. The third-order valence-electron chi connectivity index (χ3n) is 1.57. The van der Waals surface area contributed by atoms with Crippen LogP contribution in [0.3, 0.4) is 0 Å². The largest absolute Gasteiger partial charge is 0.464 e. The van der Waals surface area contributed by atoms with E-state index in [2.05, 4.69) is 9.72 Å². The lowest BCUT2D eigenvalue weighted by atomic mass is 10.2. The minimum atomic E-state index is -3.04. The van der Waals surface area contributed by atoms with Crippen molar-refractivity contribution < 1.29 is 22.7 Å². The molecular weight excluding hydrogens is 235 g/mol. The van der Waals surface area contributed by atoms with Crippen LogP contribution in [0.1, 0.15) is 22.5 Å². The van der Waals surface area contributed by atoms with Gasteiger partial charge in [0, 0.05) is 0 Å². The Bertz CT molecular complexity index is 398. The van der Waals surface area contributed by atoms with E-state index >= 15 is 0 Å². The second-order valence-electron chi connectivity index (χ2n) is 2.49. The molecule has 0 fully saturated rings. The van der Waals surface area contributed by atoms with E-state index in [0.29, 0.717) is 6.07 Å². The van der Waals surface area contributed by atoms with Crippen molar-refractivity contribution in [3.05, 3.63) is 28.3 Å². The number of hydrogen-bond acceptors (Lipinski definition) is 3. The van der Waals surface area contributed by atoms with Gasteiger partial charge in [-0.05, 0) is 6.07 Å². The number of halogens is 4. The van der Waals surface area contributed by atoms with Crippen LogP contribution in [-0.2, 0) is 4.74 Å². The van der Waals surface area contributed by atoms with Crippen molar-refractivity contribution in [2.75, 3.05) is 7.11 Å². The predicted molar refractivity (Wildman–Crippen MR) is 45.5 cm³/mol. The van der Waals surface area contributed by atoms with Crippen LogP contribution >= 0.6 is 11.6 Å². The van der Waals surface area contributed by atoms with E-state index in [-0.39, 0.29) is 5.02 Å². The van der Waals surface area contributed by atoms with Gasteiger partial charge in [0.05, 0.1) is 17.7 Å². The number of alkyl halides is 2. The SMILES string of the molecule is COC(=O)c1nc(F)c(C(F)F)cc1Cl. The Morgan fingerprint density at radius 2 is 2.20 bits per heavy atom. The summed E-state index contributed by atoms with van der Waals surface area (Å²) < 4.78 is 41.5. The van der Waals surface area contributed by atoms with Crippen LogP contribution in [0.15, 0.2) is 6.07 Å². The van der Waals surface area contributed by atoms with Gasteiger partial charge >= 0.3 is 5.97 Å². The van der Waals surface area contributed by atoms with Gasteiger partial charge in [-0.15, -0.1) is 0 Å². The van der Waals surface area contributed by atoms with Crippen molar-refractivity contribution in [1.82, 2.24) is 4.98 Å². The Balaban J connectivity index is 3.25. The quantitative estimate of drug-likeness (QED) is 0.588. The first-order valence-corrected chi connectivity index (χ1v) is 4.07. The highest BCUT2D eigenvalue weighted by Crippen LogP contribution is 2.26. The summed E-state index contributed by atoms with van der Waals surface area (Å²) in [4.78, 5) is 14.0. The van der Waals surface area contributed by atoms with Gasteiger partial charge < -0.3 is 4.74 Å². The minimum Gasteiger partial charge on any atom is -0.464 e. The molecule has 0 saturated heterocycles. The van der Waals surface area contributed by atoms with Crippen LogP contribution in [0.4, 0.5) is 13.2 Å². The normalized spacial score (nSPS) is 10.5. The first-order chi connectivity index (χ1) is 6.97. The third kappa shape index (κ3) is 2.38. The van der Waals surface area contributed by atoms with Crippen molar-refractivity contribution in [3.63, 3.8) is 0 Å². The van der Waals surface area contributed by atoms with E-state index in [1.54, 1.807) is 0 Å². The van der Waals surface area contributed by atoms with Gasteiger partial charge in [0.2, 0.25) is 5.95 Å². The number of nitrogens with zero attached hydrogens (tertiary/aromatic N) is 1. The zero-order valence-corrected chi connectivity index (χ0v) is 8.19. The fourth-order valence-corrected chi connectivity index (χ4v) is 1.11. The number of pyridine rings is 1. The summed E-state index contributed by atoms with van der Waals surface area (Å²) in [5.41, 5.74) is -1.48. The molecule has 1 aromatic heterocycles. The molecule has 0 bridgehead atoms. The van der Waals surface area contributed by atoms with Crippen molar-refractivity contribution in [3.8, 4) is 0 Å². The van der Waals surface area contributed by atoms with E-state index in [4.69, 9.17) is 11.6 Å². The second kappa shape index (κ2) is 4.48. The van der Waals surface area contributed by atoms with E-state index in [1.165, 1.54) is 0 Å². The second-order valence-corrected chi connectivity index (χ2v) is 2.90. The highest BCUT2D eigenvalue weighted by Gasteiger charge is 2.21. The summed E-state index contributed by atoms with van der Waals surface area (Å²) >= 11 is 5.46. The summed E-state index contributed by atoms with van der Waals surface area (Å²) in [5, 5.41) is -0.376. The lowest BCUT2D eigenvalue weighted by Gasteiger charge is -2.05. The number of carbonyl (C=O) groups excluding carboxylic acids is 1. The maximum atomic E-state index is 12.9. The van der Waals surface area contributed by atoms with Gasteiger partial charge in [-0.25, -0.2) is 18.6 Å². The van der Waals surface area contributed by atoms with Crippen LogP contribution in [0.25, 0.3) is 0 Å². The van der Waals surface area contributed by atoms with Crippen LogP contribution in [-0.4, -0.2) is 18.1 Å². The Labute approximate surface area is 87.8 Å². The summed E-state index contributed by atoms with van der Waals surface area (Å²) in [6.07, 6.45) is -3.04. The van der Waals surface area contributed by atoms with Crippen LogP contribution in [0.5, 0.6) is 0 Å². The summed E-state index contributed by atoms with van der Waals surface area (Å²) in [5.74, 6) is -2.42. The molecule has 0 amide bonds. The van der Waals surface area contributed by atoms with E-state index in [1.807, 2.05) is 0 Å². The standard InChI is InChI=1S/C8H5ClF3NO2/c1-15-8(14)5-4(9)2-3(6(10)11)7(12)13-5/h2,6H,1H3. The number of esters is 1. The molecule has 82 valence electrons. The van der Waals surface area contributed by atoms with Crippen LogP contribution in [0, 0.1) is 5.95 Å². The molecule has 0 aliphatic rings. The highest BCUT2D eigenvalue weighted by molar-refractivity contribution is 6.33. The van der Waals surface area contributed by atoms with Crippen molar-refractivity contribution in [2.45, 2.75) is 6.43 Å². The predicted octanol–water partition coefficient (Wildman–Crippen LogP) is 2.60. The Morgan fingerprint density at radius 1 is 1.60 bits per heavy atom. The molecular formula is C8H5ClF3NO2. The van der Waals surface area contributed by atoms with Gasteiger partial charge in [0.15, 0.2) is 5.69 Å². The Hall–Kier alpha value is -1.30. The molecule has 15 heavy (non-hydrogen) atoms. The topological polar surface area (TPSA) is 39.2 Å². The maximum Gasteiger partial charge on any atom is 0.358 e. The zero-order chi connectivity index (χ0) is 11.6. The molecule has 0 aliphatic carbocycles. The van der Waals surface area contributed by atoms with Crippen molar-refractivity contribution >= 4 is 17.6 Å². The summed E-state index contributed by atoms with van der Waals surface area (Å²) in [6, 6.07) is 0.654. The molecule has 0 saturated carbocycles. The molecule has 3 nitrogen and oxygen atoms in total. The molecule has 0 spiro atoms. The monoisotopic (exact) mass is 239 g/mol. The van der Waals surface area contributed by atoms with E-state index < -0.39 is 29.6 Å². The number of ether oxygens (including phenoxy) is 1. The zero-order valence-electron chi connectivity index (χ0n) is 7.43. The number of aromatic nitrogens is 1. The first kappa shape index (κ1) is 11.8. The minimum absolute atomic E-state index is 0.376. The number of rotatable bonds is 2. The molecule has 0 atom stereocenters. The summed E-state index contributed by atoms with van der Waals surface area (Å²) in [7, 11) is 1.04. The maximum absolute atomic E-state index is 12.9. The smallest absolute Gasteiger partial charge is 0.358 e.